The first-order valence-corrected chi connectivity index (χ1v) is 2.73. The van der Waals surface area contributed by atoms with Crippen molar-refractivity contribution < 1.29 is 12.4 Å². The molecule has 46 valence electrons. The molecule has 0 radical (unpaired) electrons. The standard InChI is InChI=1S/C6H13.ClH.Mg/c1-3-5-6-4-2;;/h5H,3-4,6H2,1-2H3;1H;/q-1;;+2/p-1. The van der Waals surface area contributed by atoms with E-state index in [1.165, 1.54) is 19.3 Å². The van der Waals surface area contributed by atoms with E-state index in [4.69, 9.17) is 0 Å². The zero-order valence-electron chi connectivity index (χ0n) is 5.78. The average Bonchev–Trinajstić information content (AvgIpc) is 1.61. The smallest absolute Gasteiger partial charge is 1.00 e. The van der Waals surface area contributed by atoms with Gasteiger partial charge in [-0.2, -0.15) is 12.8 Å². The summed E-state index contributed by atoms with van der Waals surface area (Å²) in [7, 11) is 0. The maximum atomic E-state index is 2.31. The fourth-order valence-corrected chi connectivity index (χ4v) is 0.408. The van der Waals surface area contributed by atoms with Gasteiger partial charge in [-0.05, 0) is 0 Å². The topological polar surface area (TPSA) is 0 Å². The molecule has 0 N–H and O–H groups in total. The van der Waals surface area contributed by atoms with Crippen molar-refractivity contribution >= 4 is 23.1 Å². The van der Waals surface area contributed by atoms with Crippen LogP contribution in [0.5, 0.6) is 0 Å². The van der Waals surface area contributed by atoms with Gasteiger partial charge in [-0.3, -0.25) is 0 Å². The van der Waals surface area contributed by atoms with Crippen LogP contribution in [0.15, 0.2) is 0 Å². The Bertz CT molecular complexity index is 20.5. The summed E-state index contributed by atoms with van der Waals surface area (Å²) in [6.07, 6.45) is 6.12. The summed E-state index contributed by atoms with van der Waals surface area (Å²) in [5.74, 6) is 0. The van der Waals surface area contributed by atoms with E-state index in [2.05, 4.69) is 20.3 Å². The Morgan fingerprint density at radius 3 is 1.88 bits per heavy atom. The van der Waals surface area contributed by atoms with Gasteiger partial charge in [0.1, 0.15) is 0 Å². The molecule has 2 heteroatoms. The first-order chi connectivity index (χ1) is 2.91. The van der Waals surface area contributed by atoms with Crippen LogP contribution >= 0.6 is 0 Å². The van der Waals surface area contributed by atoms with Crippen LogP contribution in [0.3, 0.4) is 0 Å². The van der Waals surface area contributed by atoms with E-state index in [1.54, 1.807) is 0 Å². The fourth-order valence-electron chi connectivity index (χ4n) is 0.408. The number of halogens is 1. The van der Waals surface area contributed by atoms with Crippen LogP contribution in [-0.2, 0) is 0 Å². The van der Waals surface area contributed by atoms with Gasteiger partial charge in [0.2, 0.25) is 0 Å². The van der Waals surface area contributed by atoms with E-state index in [1.807, 2.05) is 0 Å². The fraction of sp³-hybridized carbons (Fsp3) is 0.833. The third kappa shape index (κ3) is 15.7. The maximum Gasteiger partial charge on any atom is 2.00 e. The third-order valence-electron chi connectivity index (χ3n) is 0.781. The predicted octanol–water partition coefficient (Wildman–Crippen LogP) is -0.976. The number of hydrogen-bond acceptors (Lipinski definition) is 0. The van der Waals surface area contributed by atoms with Crippen molar-refractivity contribution in [2.24, 2.45) is 0 Å². The van der Waals surface area contributed by atoms with Gasteiger partial charge in [-0.1, -0.05) is 20.3 Å². The van der Waals surface area contributed by atoms with Crippen molar-refractivity contribution in [3.63, 3.8) is 0 Å². The van der Waals surface area contributed by atoms with Crippen molar-refractivity contribution in [2.45, 2.75) is 33.1 Å². The molecule has 0 rings (SSSR count). The molecule has 0 aliphatic heterocycles. The molecule has 0 aliphatic rings. The minimum atomic E-state index is 0. The minimum Gasteiger partial charge on any atom is -1.00 e. The summed E-state index contributed by atoms with van der Waals surface area (Å²) in [5.41, 5.74) is 0. The molecule has 0 bridgehead atoms. The van der Waals surface area contributed by atoms with Gasteiger partial charge >= 0.3 is 23.1 Å². The van der Waals surface area contributed by atoms with E-state index < -0.39 is 0 Å². The number of rotatable bonds is 3. The summed E-state index contributed by atoms with van der Waals surface area (Å²) in [5, 5.41) is 0. The largest absolute Gasteiger partial charge is 2.00 e. The van der Waals surface area contributed by atoms with Crippen LogP contribution in [0, 0.1) is 6.42 Å². The first kappa shape index (κ1) is 16.0. The van der Waals surface area contributed by atoms with Crippen molar-refractivity contribution in [2.75, 3.05) is 0 Å². The second-order valence-corrected chi connectivity index (χ2v) is 1.49. The average molecular weight is 145 g/mol. The molecule has 0 heterocycles. The van der Waals surface area contributed by atoms with Gasteiger partial charge in [0, 0.05) is 0 Å². The third-order valence-corrected chi connectivity index (χ3v) is 0.781. The van der Waals surface area contributed by atoms with E-state index >= 15 is 0 Å². The van der Waals surface area contributed by atoms with E-state index in [-0.39, 0.29) is 35.5 Å². The SMILES string of the molecule is CC[CH-]CCC.[Cl-].[Mg+2]. The maximum absolute atomic E-state index is 2.31. The molecule has 0 unspecified atom stereocenters. The summed E-state index contributed by atoms with van der Waals surface area (Å²) in [6, 6.07) is 0. The van der Waals surface area contributed by atoms with Crippen LogP contribution in [0.2, 0.25) is 0 Å². The molecule has 0 spiro atoms. The van der Waals surface area contributed by atoms with Crippen molar-refractivity contribution in [1.29, 1.82) is 0 Å². The quantitative estimate of drug-likeness (QED) is 0.272. The van der Waals surface area contributed by atoms with Gasteiger partial charge in [0.25, 0.3) is 0 Å². The van der Waals surface area contributed by atoms with Gasteiger partial charge in [-0.15, -0.1) is 0 Å². The Balaban J connectivity index is -0.000000125. The monoisotopic (exact) mass is 144 g/mol. The molecule has 0 nitrogen and oxygen atoms in total. The van der Waals surface area contributed by atoms with Crippen LogP contribution in [0.1, 0.15) is 33.1 Å². The minimum absolute atomic E-state index is 0. The molecule has 0 saturated carbocycles. The molecular weight excluding hydrogens is 132 g/mol. The van der Waals surface area contributed by atoms with Gasteiger partial charge in [-0.25, -0.2) is 0 Å². The van der Waals surface area contributed by atoms with Gasteiger partial charge in [0.05, 0.1) is 0 Å². The van der Waals surface area contributed by atoms with E-state index in [0.29, 0.717) is 0 Å². The molecular formula is C6H13ClMg. The Morgan fingerprint density at radius 1 is 1.25 bits per heavy atom. The second kappa shape index (κ2) is 15.7. The van der Waals surface area contributed by atoms with Crippen LogP contribution in [0.4, 0.5) is 0 Å². The van der Waals surface area contributed by atoms with Gasteiger partial charge in [0.15, 0.2) is 0 Å². The second-order valence-electron chi connectivity index (χ2n) is 1.49. The van der Waals surface area contributed by atoms with Crippen molar-refractivity contribution in [3.8, 4) is 0 Å². The Morgan fingerprint density at radius 2 is 1.75 bits per heavy atom. The van der Waals surface area contributed by atoms with Crippen molar-refractivity contribution in [3.05, 3.63) is 6.42 Å². The van der Waals surface area contributed by atoms with Gasteiger partial charge < -0.3 is 18.8 Å². The summed E-state index contributed by atoms with van der Waals surface area (Å²) in [4.78, 5) is 0. The normalized spacial score (nSPS) is 6.75. The van der Waals surface area contributed by atoms with E-state index in [0.717, 1.165) is 0 Å². The molecule has 0 atom stereocenters. The molecule has 0 aromatic heterocycles. The Kier molecular flexibility index (Phi) is 31.4. The Hall–Kier alpha value is 1.06. The van der Waals surface area contributed by atoms with Crippen LogP contribution in [0.25, 0.3) is 0 Å². The zero-order valence-corrected chi connectivity index (χ0v) is 7.95. The van der Waals surface area contributed by atoms with Crippen LogP contribution in [-0.4, -0.2) is 23.1 Å². The van der Waals surface area contributed by atoms with E-state index in [9.17, 15) is 0 Å². The number of hydrogen-bond donors (Lipinski definition) is 0. The Labute approximate surface area is 75.0 Å². The predicted molar refractivity (Wildman–Crippen MR) is 35.3 cm³/mol. The molecule has 0 fully saturated rings. The summed E-state index contributed by atoms with van der Waals surface area (Å²) >= 11 is 0. The zero-order chi connectivity index (χ0) is 4.83. The molecule has 0 aliphatic carbocycles. The van der Waals surface area contributed by atoms with Crippen molar-refractivity contribution in [1.82, 2.24) is 0 Å². The number of unbranched alkanes of at least 4 members (excludes halogenated alkanes) is 3. The molecule has 0 amide bonds. The summed E-state index contributed by atoms with van der Waals surface area (Å²) in [6.45, 7) is 4.38. The molecule has 0 aromatic rings. The molecule has 0 saturated heterocycles. The first-order valence-electron chi connectivity index (χ1n) is 2.73. The molecule has 8 heavy (non-hydrogen) atoms. The summed E-state index contributed by atoms with van der Waals surface area (Å²) < 4.78 is 0. The van der Waals surface area contributed by atoms with Crippen LogP contribution < -0.4 is 12.4 Å². The molecule has 0 aromatic carbocycles.